The molecule has 1 saturated heterocycles. The normalized spacial score (nSPS) is 31.6. The van der Waals surface area contributed by atoms with Crippen LogP contribution in [0.5, 0.6) is 0 Å². The number of hydrogen-bond acceptors (Lipinski definition) is 4. The van der Waals surface area contributed by atoms with Gasteiger partial charge in [-0.1, -0.05) is 34.6 Å². The summed E-state index contributed by atoms with van der Waals surface area (Å²) in [4.78, 5) is 29.2. The van der Waals surface area contributed by atoms with Gasteiger partial charge in [-0.05, 0) is 28.5 Å². The Hall–Kier alpha value is -0.810. The van der Waals surface area contributed by atoms with Crippen molar-refractivity contribution >= 4 is 23.7 Å². The maximum absolute atomic E-state index is 12.8. The molecule has 6 heteroatoms. The van der Waals surface area contributed by atoms with Gasteiger partial charge >= 0.3 is 5.97 Å². The molecule has 120 valence electrons. The van der Waals surface area contributed by atoms with Crippen LogP contribution in [0.4, 0.5) is 0 Å². The zero-order valence-electron chi connectivity index (χ0n) is 13.6. The first-order valence-electron chi connectivity index (χ1n) is 7.31. The Kier molecular flexibility index (Phi) is 4.04. The summed E-state index contributed by atoms with van der Waals surface area (Å²) in [7, 11) is 1.37. The number of nitrogens with zero attached hydrogens (tertiary/aromatic N) is 1. The van der Waals surface area contributed by atoms with Crippen molar-refractivity contribution in [2.75, 3.05) is 13.7 Å². The molecule has 0 spiro atoms. The van der Waals surface area contributed by atoms with E-state index in [0.717, 1.165) is 0 Å². The maximum Gasteiger partial charge on any atom is 0.328 e. The number of hydrogen-bond donors (Lipinski definition) is 1. The molecule has 1 amide bonds. The fourth-order valence-electron chi connectivity index (χ4n) is 3.65. The predicted molar refractivity (Wildman–Crippen MR) is 80.5 cm³/mol. The van der Waals surface area contributed by atoms with E-state index in [1.54, 1.807) is 4.90 Å². The Labute approximate surface area is 131 Å². The molecule has 0 aromatic carbocycles. The average Bonchev–Trinajstić information content (AvgIpc) is 2.76. The van der Waals surface area contributed by atoms with E-state index in [9.17, 15) is 9.59 Å². The van der Waals surface area contributed by atoms with Crippen molar-refractivity contribution < 1.29 is 14.3 Å². The largest absolute Gasteiger partial charge is 0.467 e. The van der Waals surface area contributed by atoms with Gasteiger partial charge in [-0.25, -0.2) is 9.63 Å². The third kappa shape index (κ3) is 2.55. The average molecular weight is 317 g/mol. The molecule has 4 atom stereocenters. The van der Waals surface area contributed by atoms with E-state index in [4.69, 9.17) is 16.5 Å². The minimum absolute atomic E-state index is 0.0985. The van der Waals surface area contributed by atoms with Gasteiger partial charge in [0.15, 0.2) is 0 Å². The Morgan fingerprint density at radius 3 is 2.38 bits per heavy atom. The molecule has 5 nitrogen and oxygen atoms in total. The van der Waals surface area contributed by atoms with E-state index in [-0.39, 0.29) is 28.6 Å². The number of ether oxygens (including phenoxy) is 1. The molecule has 0 bridgehead atoms. The van der Waals surface area contributed by atoms with Crippen molar-refractivity contribution in [1.29, 1.82) is 0 Å². The molecule has 1 aliphatic carbocycles. The van der Waals surface area contributed by atoms with Crippen LogP contribution in [0, 0.1) is 22.7 Å². The number of piperidine rings is 1. The molecule has 2 fully saturated rings. The lowest BCUT2D eigenvalue weighted by molar-refractivity contribution is -0.154. The summed E-state index contributed by atoms with van der Waals surface area (Å²) in [6.07, 6.45) is 0. The lowest BCUT2D eigenvalue weighted by Gasteiger charge is -2.36. The second-order valence-electron chi connectivity index (χ2n) is 7.82. The first-order chi connectivity index (χ1) is 9.57. The predicted octanol–water partition coefficient (Wildman–Crippen LogP) is 1.80. The minimum Gasteiger partial charge on any atom is -0.467 e. The molecule has 2 rings (SSSR count). The third-order valence-electron chi connectivity index (χ3n) is 5.16. The highest BCUT2D eigenvalue weighted by atomic mass is 35.5. The summed E-state index contributed by atoms with van der Waals surface area (Å²) >= 11 is 5.78. The van der Waals surface area contributed by atoms with Crippen LogP contribution >= 0.6 is 11.8 Å². The van der Waals surface area contributed by atoms with Crippen LogP contribution < -0.4 is 4.84 Å². The second kappa shape index (κ2) is 5.13. The molecule has 1 aliphatic heterocycles. The lowest BCUT2D eigenvalue weighted by Crippen LogP contribution is -2.55. The quantitative estimate of drug-likeness (QED) is 0.637. The summed E-state index contributed by atoms with van der Waals surface area (Å²) in [5.41, 5.74) is -0.233. The second-order valence-corrected chi connectivity index (χ2v) is 8.04. The minimum atomic E-state index is -0.535. The van der Waals surface area contributed by atoms with Crippen LogP contribution in [-0.2, 0) is 14.3 Å². The summed E-state index contributed by atoms with van der Waals surface area (Å²) in [5.74, 6) is 0.0888. The summed E-state index contributed by atoms with van der Waals surface area (Å²) < 4.78 is 4.92. The van der Waals surface area contributed by atoms with Gasteiger partial charge in [0.05, 0.1) is 7.11 Å². The van der Waals surface area contributed by atoms with Crippen LogP contribution in [0.1, 0.15) is 34.6 Å². The van der Waals surface area contributed by atoms with Crippen molar-refractivity contribution in [3.05, 3.63) is 0 Å². The van der Waals surface area contributed by atoms with Gasteiger partial charge in [0.2, 0.25) is 5.91 Å². The fraction of sp³-hybridized carbons (Fsp3) is 0.867. The number of carbonyl (C=O) groups is 2. The van der Waals surface area contributed by atoms with E-state index in [0.29, 0.717) is 12.5 Å². The van der Waals surface area contributed by atoms with Crippen molar-refractivity contribution in [2.24, 2.45) is 22.7 Å². The van der Waals surface area contributed by atoms with Crippen molar-refractivity contribution in [1.82, 2.24) is 9.74 Å². The molecule has 0 aromatic heterocycles. The third-order valence-corrected chi connectivity index (χ3v) is 5.37. The number of methoxy groups -OCH3 is 1. The zero-order valence-corrected chi connectivity index (χ0v) is 14.3. The van der Waals surface area contributed by atoms with E-state index in [1.165, 1.54) is 7.11 Å². The standard InChI is InChI=1S/C15H25ClN2O3/c1-14(2,3)11(17-16)12(19)18-7-8-9(15(8,4)5)10(18)13(20)21-6/h8-11,17H,7H2,1-6H3/t8?,9?,10-,11+/m0/s1. The fourth-order valence-corrected chi connectivity index (χ4v) is 4.07. The Morgan fingerprint density at radius 2 is 1.95 bits per heavy atom. The number of fused-ring (bicyclic) bond motifs is 1. The monoisotopic (exact) mass is 316 g/mol. The zero-order chi connectivity index (χ0) is 16.2. The first-order valence-corrected chi connectivity index (χ1v) is 7.69. The maximum atomic E-state index is 12.8. The molecule has 0 radical (unpaired) electrons. The van der Waals surface area contributed by atoms with Crippen molar-refractivity contribution in [3.8, 4) is 0 Å². The number of likely N-dealkylation sites (tertiary alicyclic amines) is 1. The van der Waals surface area contributed by atoms with Gasteiger partial charge in [-0.3, -0.25) is 4.79 Å². The highest BCUT2D eigenvalue weighted by Gasteiger charge is 2.70. The van der Waals surface area contributed by atoms with E-state index < -0.39 is 12.1 Å². The molecule has 0 aromatic rings. The number of nitrogens with one attached hydrogen (secondary N) is 1. The smallest absolute Gasteiger partial charge is 0.328 e. The summed E-state index contributed by atoms with van der Waals surface area (Å²) in [6.45, 7) is 10.7. The Morgan fingerprint density at radius 1 is 1.38 bits per heavy atom. The van der Waals surface area contributed by atoms with Crippen LogP contribution in [-0.4, -0.2) is 42.5 Å². The van der Waals surface area contributed by atoms with Gasteiger partial charge in [-0.15, -0.1) is 0 Å². The molecule has 1 heterocycles. The van der Waals surface area contributed by atoms with Gasteiger partial charge in [0.25, 0.3) is 0 Å². The molecule has 1 saturated carbocycles. The number of esters is 1. The van der Waals surface area contributed by atoms with Gasteiger partial charge in [-0.2, -0.15) is 0 Å². The van der Waals surface area contributed by atoms with Gasteiger partial charge in [0, 0.05) is 12.5 Å². The van der Waals surface area contributed by atoms with Crippen LogP contribution in [0.15, 0.2) is 0 Å². The molecule has 1 N–H and O–H groups in total. The van der Waals surface area contributed by atoms with Crippen molar-refractivity contribution in [2.45, 2.75) is 46.7 Å². The van der Waals surface area contributed by atoms with E-state index >= 15 is 0 Å². The highest BCUT2D eigenvalue weighted by Crippen LogP contribution is 2.65. The number of halogens is 1. The topological polar surface area (TPSA) is 58.6 Å². The Bertz CT molecular complexity index is 458. The summed E-state index contributed by atoms with van der Waals surface area (Å²) in [5, 5.41) is 0. The molecule has 2 unspecified atom stereocenters. The number of rotatable bonds is 3. The highest BCUT2D eigenvalue weighted by molar-refractivity contribution is 6.15. The molecule has 21 heavy (non-hydrogen) atoms. The van der Waals surface area contributed by atoms with Gasteiger partial charge in [0.1, 0.15) is 12.1 Å². The summed E-state index contributed by atoms with van der Waals surface area (Å²) in [6, 6.07) is -1.02. The Balaban J connectivity index is 2.24. The first kappa shape index (κ1) is 16.6. The van der Waals surface area contributed by atoms with E-state index in [1.807, 2.05) is 20.8 Å². The van der Waals surface area contributed by atoms with Crippen LogP contribution in [0.25, 0.3) is 0 Å². The number of amides is 1. The van der Waals surface area contributed by atoms with E-state index in [2.05, 4.69) is 18.7 Å². The van der Waals surface area contributed by atoms with Crippen molar-refractivity contribution in [3.63, 3.8) is 0 Å². The SMILES string of the molecule is COC(=O)[C@@H]1C2C(CN1C(=O)[C@@H](NCl)C(C)(C)C)C2(C)C. The number of carbonyl (C=O) groups excluding carboxylic acids is 2. The lowest BCUT2D eigenvalue weighted by atomic mass is 9.86. The van der Waals surface area contributed by atoms with Crippen LogP contribution in [0.3, 0.4) is 0 Å². The molecular weight excluding hydrogens is 292 g/mol. The van der Waals surface area contributed by atoms with Crippen LogP contribution in [0.2, 0.25) is 0 Å². The molecular formula is C15H25ClN2O3. The molecule has 2 aliphatic rings. The van der Waals surface area contributed by atoms with Gasteiger partial charge < -0.3 is 9.64 Å².